The van der Waals surface area contributed by atoms with Gasteiger partial charge in [-0.2, -0.15) is 16.5 Å². The summed E-state index contributed by atoms with van der Waals surface area (Å²) in [6.45, 7) is 0. The summed E-state index contributed by atoms with van der Waals surface area (Å²) in [4.78, 5) is 0. The smallest absolute Gasteiger partial charge is 0.0271 e. The van der Waals surface area contributed by atoms with E-state index in [2.05, 4.69) is 16.5 Å². The highest BCUT2D eigenvalue weighted by molar-refractivity contribution is 8.25. The van der Waals surface area contributed by atoms with Crippen LogP contribution in [0.15, 0.2) is 0 Å². The Morgan fingerprint density at radius 3 is 1.00 bits per heavy atom. The molecule has 4 nitrogen and oxygen atoms in total. The van der Waals surface area contributed by atoms with E-state index >= 15 is 0 Å². The predicted octanol–water partition coefficient (Wildman–Crippen LogP) is 0.611. The summed E-state index contributed by atoms with van der Waals surface area (Å²) in [6.07, 6.45) is 0. The second-order valence-corrected chi connectivity index (χ2v) is 4.22. The number of rotatable bonds is 0. The Hall–Kier alpha value is 1.24. The molecular weight excluding hydrogens is 184 g/mol. The van der Waals surface area contributed by atoms with Crippen LogP contribution in [-0.4, -0.2) is 0 Å². The van der Waals surface area contributed by atoms with E-state index in [9.17, 15) is 0 Å². The fourth-order valence-electron chi connectivity index (χ4n) is 0.151. The minimum atomic E-state index is 1.42. The molecule has 0 aromatic carbocycles. The van der Waals surface area contributed by atoms with Crippen molar-refractivity contribution in [2.24, 2.45) is 0 Å². The molecule has 0 aromatic heterocycles. The zero-order chi connectivity index (χ0) is 5.66. The lowest BCUT2D eigenvalue weighted by atomic mass is 13.8. The standard InChI is InChI=1S/H4N4S4/c1-5-2-7-4-8-3-6-1/h1-4H. The van der Waals surface area contributed by atoms with Gasteiger partial charge in [-0.05, 0) is 0 Å². The molecule has 0 spiro atoms. The van der Waals surface area contributed by atoms with Crippen LogP contribution in [-0.2, 0) is 0 Å². The zero-order valence-electron chi connectivity index (χ0n) is 3.63. The van der Waals surface area contributed by atoms with Crippen molar-refractivity contribution >= 4 is 48.5 Å². The van der Waals surface area contributed by atoms with Gasteiger partial charge in [0.2, 0.25) is 0 Å². The van der Waals surface area contributed by atoms with Gasteiger partial charge in [0, 0.05) is 48.5 Å². The molecule has 0 radical (unpaired) electrons. The Labute approximate surface area is 65.1 Å². The third-order valence-corrected chi connectivity index (χ3v) is 3.00. The molecule has 1 fully saturated rings. The van der Waals surface area contributed by atoms with Gasteiger partial charge in [-0.3, -0.25) is 0 Å². The highest BCUT2D eigenvalue weighted by atomic mass is 32.3. The lowest BCUT2D eigenvalue weighted by Gasteiger charge is -2.08. The van der Waals surface area contributed by atoms with Crippen LogP contribution >= 0.6 is 48.5 Å². The predicted molar refractivity (Wildman–Crippen MR) is 42.9 cm³/mol. The molecule has 4 N–H and O–H groups in total. The van der Waals surface area contributed by atoms with Crippen LogP contribution in [0, 0.1) is 0 Å². The quantitative estimate of drug-likeness (QED) is 0.413. The zero-order valence-corrected chi connectivity index (χ0v) is 6.90. The van der Waals surface area contributed by atoms with Gasteiger partial charge in [0.15, 0.2) is 0 Å². The molecule has 0 saturated carbocycles. The van der Waals surface area contributed by atoms with E-state index in [4.69, 9.17) is 0 Å². The molecule has 48 valence electrons. The SMILES string of the molecule is N1SNSNSNS1. The van der Waals surface area contributed by atoms with Crippen molar-refractivity contribution in [1.82, 2.24) is 16.5 Å². The minimum absolute atomic E-state index is 1.42. The molecule has 1 saturated heterocycles. The van der Waals surface area contributed by atoms with Gasteiger partial charge in [0.25, 0.3) is 0 Å². The second-order valence-electron chi connectivity index (χ2n) is 0.742. The van der Waals surface area contributed by atoms with E-state index in [0.29, 0.717) is 0 Å². The molecule has 0 unspecified atom stereocenters. The fraction of sp³-hybridized carbons (Fsp3) is 0. The highest BCUT2D eigenvalue weighted by Gasteiger charge is 1.93. The number of hydrogen-bond donors (Lipinski definition) is 4. The first kappa shape index (κ1) is 7.35. The van der Waals surface area contributed by atoms with Crippen molar-refractivity contribution in [2.45, 2.75) is 0 Å². The summed E-state index contributed by atoms with van der Waals surface area (Å²) in [6, 6.07) is 0. The van der Waals surface area contributed by atoms with Crippen molar-refractivity contribution in [3.05, 3.63) is 0 Å². The van der Waals surface area contributed by atoms with Crippen molar-refractivity contribution in [2.75, 3.05) is 0 Å². The molecule has 0 amide bonds. The summed E-state index contributed by atoms with van der Waals surface area (Å²) in [7, 11) is 0. The van der Waals surface area contributed by atoms with Crippen LogP contribution in [0.25, 0.3) is 0 Å². The van der Waals surface area contributed by atoms with E-state index in [0.717, 1.165) is 0 Å². The highest BCUT2D eigenvalue weighted by Crippen LogP contribution is 2.09. The lowest BCUT2D eigenvalue weighted by molar-refractivity contribution is 1.52. The normalized spacial score (nSPS) is 24.0. The Bertz CT molecular complexity index is 32.0. The van der Waals surface area contributed by atoms with Gasteiger partial charge in [0.1, 0.15) is 0 Å². The average Bonchev–Trinajstić information content (AvgIpc) is 1.62. The van der Waals surface area contributed by atoms with Crippen LogP contribution in [0.4, 0.5) is 0 Å². The molecule has 0 aliphatic carbocycles. The van der Waals surface area contributed by atoms with Crippen molar-refractivity contribution < 1.29 is 0 Å². The van der Waals surface area contributed by atoms with Gasteiger partial charge < -0.3 is 0 Å². The fourth-order valence-corrected chi connectivity index (χ4v) is 2.59. The molecule has 0 atom stereocenters. The van der Waals surface area contributed by atoms with Crippen LogP contribution in [0.2, 0.25) is 0 Å². The summed E-state index contributed by atoms with van der Waals surface area (Å²) < 4.78 is 11.7. The third-order valence-electron chi connectivity index (χ3n) is 0.333. The van der Waals surface area contributed by atoms with Crippen molar-refractivity contribution in [1.29, 1.82) is 0 Å². The molecular formula is H4N4S4. The summed E-state index contributed by atoms with van der Waals surface area (Å²) in [5.74, 6) is 0. The van der Waals surface area contributed by atoms with Crippen LogP contribution < -0.4 is 16.5 Å². The molecule has 1 aliphatic heterocycles. The molecule has 8 heteroatoms. The van der Waals surface area contributed by atoms with Gasteiger partial charge in [0.05, 0.1) is 0 Å². The average molecular weight is 188 g/mol. The molecule has 1 rings (SSSR count). The summed E-state index contributed by atoms with van der Waals surface area (Å²) in [5, 5.41) is 0. The van der Waals surface area contributed by atoms with E-state index in [1.165, 1.54) is 48.5 Å². The third kappa shape index (κ3) is 3.30. The van der Waals surface area contributed by atoms with Crippen molar-refractivity contribution in [3.63, 3.8) is 0 Å². The van der Waals surface area contributed by atoms with E-state index in [-0.39, 0.29) is 0 Å². The molecule has 1 aliphatic rings. The van der Waals surface area contributed by atoms with E-state index in [1.807, 2.05) is 0 Å². The molecule has 1 heterocycles. The van der Waals surface area contributed by atoms with Gasteiger partial charge >= 0.3 is 0 Å². The largest absolute Gasteiger partial charge is 0.179 e. The first-order valence-electron chi connectivity index (χ1n) is 1.63. The Kier molecular flexibility index (Phi) is 4.65. The first-order chi connectivity index (χ1) is 4.00. The lowest BCUT2D eigenvalue weighted by Crippen LogP contribution is -2.14. The second kappa shape index (κ2) is 5.06. The summed E-state index contributed by atoms with van der Waals surface area (Å²) in [5.41, 5.74) is 0. The molecule has 8 heavy (non-hydrogen) atoms. The van der Waals surface area contributed by atoms with Crippen LogP contribution in [0.5, 0.6) is 0 Å². The Morgan fingerprint density at radius 1 is 0.500 bits per heavy atom. The van der Waals surface area contributed by atoms with E-state index < -0.39 is 0 Å². The van der Waals surface area contributed by atoms with E-state index in [1.54, 1.807) is 0 Å². The Balaban J connectivity index is 2.00. The number of nitrogens with one attached hydrogen (secondary N) is 4. The number of hydrogen-bond acceptors (Lipinski definition) is 8. The monoisotopic (exact) mass is 188 g/mol. The maximum absolute atomic E-state index is 2.92. The van der Waals surface area contributed by atoms with Crippen molar-refractivity contribution in [3.8, 4) is 0 Å². The maximum Gasteiger partial charge on any atom is 0.0271 e. The molecule has 0 aromatic rings. The maximum atomic E-state index is 2.92. The van der Waals surface area contributed by atoms with Gasteiger partial charge in [-0.15, -0.1) is 0 Å². The van der Waals surface area contributed by atoms with Gasteiger partial charge in [-0.25, -0.2) is 0 Å². The molecule has 0 bridgehead atoms. The van der Waals surface area contributed by atoms with Crippen LogP contribution in [0.1, 0.15) is 0 Å². The Morgan fingerprint density at radius 2 is 0.750 bits per heavy atom. The minimum Gasteiger partial charge on any atom is -0.179 e. The van der Waals surface area contributed by atoms with Crippen LogP contribution in [0.3, 0.4) is 0 Å². The topological polar surface area (TPSA) is 48.1 Å². The summed E-state index contributed by atoms with van der Waals surface area (Å²) >= 11 is 5.67. The first-order valence-corrected chi connectivity index (χ1v) is 4.90. The van der Waals surface area contributed by atoms with Gasteiger partial charge in [-0.1, -0.05) is 0 Å².